The average Bonchev–Trinajstić information content (AvgIpc) is 2.87. The summed E-state index contributed by atoms with van der Waals surface area (Å²) < 4.78 is 0. The van der Waals surface area contributed by atoms with Gasteiger partial charge in [0.05, 0.1) is 6.54 Å². The highest BCUT2D eigenvalue weighted by Crippen LogP contribution is 2.27. The van der Waals surface area contributed by atoms with Crippen molar-refractivity contribution in [3.63, 3.8) is 0 Å². The Morgan fingerprint density at radius 3 is 2.57 bits per heavy atom. The lowest BCUT2D eigenvalue weighted by Crippen LogP contribution is -2.34. The van der Waals surface area contributed by atoms with Gasteiger partial charge in [0.2, 0.25) is 0 Å². The van der Waals surface area contributed by atoms with Gasteiger partial charge in [-0.25, -0.2) is 0 Å². The molecule has 0 saturated carbocycles. The van der Waals surface area contributed by atoms with E-state index in [4.69, 9.17) is 0 Å². The first-order chi connectivity index (χ1) is 10.3. The van der Waals surface area contributed by atoms with Crippen molar-refractivity contribution in [2.75, 3.05) is 6.54 Å². The van der Waals surface area contributed by atoms with Crippen LogP contribution in [0.25, 0.3) is 10.9 Å². The summed E-state index contributed by atoms with van der Waals surface area (Å²) in [5.41, 5.74) is 4.22. The molecule has 1 aromatic heterocycles. The molecule has 1 aliphatic heterocycles. The Morgan fingerprint density at radius 1 is 0.952 bits per heavy atom. The van der Waals surface area contributed by atoms with E-state index in [1.54, 1.807) is 0 Å². The second-order valence-corrected chi connectivity index (χ2v) is 5.58. The lowest BCUT2D eigenvalue weighted by molar-refractivity contribution is 0.0895. The van der Waals surface area contributed by atoms with Gasteiger partial charge in [-0.15, -0.1) is 0 Å². The number of hydrogen-bond donors (Lipinski definition) is 1. The smallest absolute Gasteiger partial charge is 0.179 e. The molecule has 0 aliphatic carbocycles. The van der Waals surface area contributed by atoms with E-state index >= 15 is 0 Å². The van der Waals surface area contributed by atoms with Gasteiger partial charge in [0.1, 0.15) is 0 Å². The number of nitrogens with one attached hydrogen (secondary N) is 1. The minimum absolute atomic E-state index is 0.213. The molecule has 3 nitrogen and oxygen atoms in total. The number of H-pyrrole nitrogens is 1. The third-order valence-corrected chi connectivity index (χ3v) is 4.06. The van der Waals surface area contributed by atoms with Crippen LogP contribution in [-0.4, -0.2) is 22.2 Å². The maximum Gasteiger partial charge on any atom is 0.179 e. The summed E-state index contributed by atoms with van der Waals surface area (Å²) in [6.45, 7) is 2.09. The van der Waals surface area contributed by atoms with Crippen molar-refractivity contribution in [1.29, 1.82) is 0 Å². The first-order valence-electron chi connectivity index (χ1n) is 7.20. The number of ketones is 1. The van der Waals surface area contributed by atoms with Crippen LogP contribution in [0.1, 0.15) is 21.6 Å². The highest BCUT2D eigenvalue weighted by atomic mass is 16.1. The van der Waals surface area contributed by atoms with E-state index in [0.717, 1.165) is 35.2 Å². The molecular weight excluding hydrogens is 260 g/mol. The van der Waals surface area contributed by atoms with Crippen LogP contribution in [0.5, 0.6) is 0 Å². The number of rotatable bonds is 2. The van der Waals surface area contributed by atoms with Gasteiger partial charge in [-0.2, -0.15) is 0 Å². The lowest BCUT2D eigenvalue weighted by Gasteiger charge is -2.25. The van der Waals surface area contributed by atoms with Crippen LogP contribution in [0.2, 0.25) is 0 Å². The van der Waals surface area contributed by atoms with E-state index in [1.165, 1.54) is 5.56 Å². The minimum Gasteiger partial charge on any atom is -0.357 e. The van der Waals surface area contributed by atoms with Crippen LogP contribution in [0.3, 0.4) is 0 Å². The molecule has 0 atom stereocenters. The van der Waals surface area contributed by atoms with E-state index in [1.807, 2.05) is 42.5 Å². The topological polar surface area (TPSA) is 36.1 Å². The quantitative estimate of drug-likeness (QED) is 0.779. The van der Waals surface area contributed by atoms with Crippen molar-refractivity contribution in [2.45, 2.75) is 13.1 Å². The summed E-state index contributed by atoms with van der Waals surface area (Å²) >= 11 is 0. The van der Waals surface area contributed by atoms with E-state index in [9.17, 15) is 4.79 Å². The largest absolute Gasteiger partial charge is 0.357 e. The predicted molar refractivity (Wildman–Crippen MR) is 83.2 cm³/mol. The zero-order chi connectivity index (χ0) is 14.2. The van der Waals surface area contributed by atoms with Gasteiger partial charge >= 0.3 is 0 Å². The monoisotopic (exact) mass is 276 g/mol. The highest BCUT2D eigenvalue weighted by Gasteiger charge is 2.26. The summed E-state index contributed by atoms with van der Waals surface area (Å²) in [6.07, 6.45) is 0. The standard InChI is InChI=1S/C18H16N2O/c21-17-12-20(10-13-6-2-1-3-7-13)11-16-18(17)14-8-4-5-9-15(14)19-16/h1-9,19H,10-12H2. The number of nitrogens with zero attached hydrogens (tertiary/aromatic N) is 1. The molecule has 1 N–H and O–H groups in total. The molecule has 0 unspecified atom stereocenters. The normalized spacial score (nSPS) is 15.3. The van der Waals surface area contributed by atoms with Gasteiger partial charge in [0, 0.05) is 35.2 Å². The number of fused-ring (bicyclic) bond motifs is 3. The van der Waals surface area contributed by atoms with Crippen molar-refractivity contribution in [1.82, 2.24) is 9.88 Å². The first-order valence-corrected chi connectivity index (χ1v) is 7.20. The molecule has 0 saturated heterocycles. The molecule has 0 spiro atoms. The molecule has 0 amide bonds. The number of carbonyl (C=O) groups excluding carboxylic acids is 1. The zero-order valence-corrected chi connectivity index (χ0v) is 11.7. The second-order valence-electron chi connectivity index (χ2n) is 5.58. The van der Waals surface area contributed by atoms with Crippen LogP contribution in [0.15, 0.2) is 54.6 Å². The molecule has 0 bridgehead atoms. The van der Waals surface area contributed by atoms with Crippen LogP contribution in [0.4, 0.5) is 0 Å². The number of para-hydroxylation sites is 1. The fourth-order valence-electron chi connectivity index (χ4n) is 3.15. The van der Waals surface area contributed by atoms with Crippen LogP contribution >= 0.6 is 0 Å². The minimum atomic E-state index is 0.213. The maximum atomic E-state index is 12.5. The van der Waals surface area contributed by atoms with E-state index in [2.05, 4.69) is 22.0 Å². The highest BCUT2D eigenvalue weighted by molar-refractivity contribution is 6.10. The SMILES string of the molecule is O=C1CN(Cc2ccccc2)Cc2[nH]c3ccccc3c21. The number of aromatic amines is 1. The fourth-order valence-corrected chi connectivity index (χ4v) is 3.15. The maximum absolute atomic E-state index is 12.5. The number of Topliss-reactive ketones (excluding diaryl/α,β-unsaturated/α-hetero) is 1. The summed E-state index contributed by atoms with van der Waals surface area (Å²) in [5.74, 6) is 0.213. The van der Waals surface area contributed by atoms with Crippen LogP contribution in [-0.2, 0) is 13.1 Å². The van der Waals surface area contributed by atoms with Crippen molar-refractivity contribution < 1.29 is 4.79 Å². The molecule has 104 valence electrons. The number of aromatic nitrogens is 1. The third-order valence-electron chi connectivity index (χ3n) is 4.06. The van der Waals surface area contributed by atoms with Gasteiger partial charge in [0.15, 0.2) is 5.78 Å². The summed E-state index contributed by atoms with van der Waals surface area (Å²) in [5, 5.41) is 1.05. The third kappa shape index (κ3) is 2.16. The van der Waals surface area contributed by atoms with Crippen molar-refractivity contribution in [3.05, 3.63) is 71.4 Å². The van der Waals surface area contributed by atoms with Crippen LogP contribution < -0.4 is 0 Å². The molecule has 1 aliphatic rings. The second kappa shape index (κ2) is 4.86. The van der Waals surface area contributed by atoms with Gasteiger partial charge in [-0.3, -0.25) is 9.69 Å². The Labute approximate surface area is 123 Å². The Kier molecular flexibility index (Phi) is 2.86. The lowest BCUT2D eigenvalue weighted by atomic mass is 10.0. The molecule has 0 fully saturated rings. The van der Waals surface area contributed by atoms with Crippen LogP contribution in [0, 0.1) is 0 Å². The van der Waals surface area contributed by atoms with E-state index in [-0.39, 0.29) is 5.78 Å². The molecule has 21 heavy (non-hydrogen) atoms. The number of benzene rings is 2. The van der Waals surface area contributed by atoms with Gasteiger partial charge in [-0.1, -0.05) is 48.5 Å². The van der Waals surface area contributed by atoms with Crippen molar-refractivity contribution >= 4 is 16.7 Å². The number of hydrogen-bond acceptors (Lipinski definition) is 2. The Balaban J connectivity index is 1.67. The average molecular weight is 276 g/mol. The first kappa shape index (κ1) is 12.4. The molecule has 2 heterocycles. The van der Waals surface area contributed by atoms with Crippen molar-refractivity contribution in [3.8, 4) is 0 Å². The summed E-state index contributed by atoms with van der Waals surface area (Å²) in [4.78, 5) is 18.1. The van der Waals surface area contributed by atoms with Gasteiger partial charge in [0.25, 0.3) is 0 Å². The predicted octanol–water partition coefficient (Wildman–Crippen LogP) is 3.37. The van der Waals surface area contributed by atoms with E-state index < -0.39 is 0 Å². The fraction of sp³-hybridized carbons (Fsp3) is 0.167. The molecule has 3 aromatic rings. The molecule has 0 radical (unpaired) electrons. The summed E-state index contributed by atoms with van der Waals surface area (Å²) in [6, 6.07) is 18.3. The molecular formula is C18H16N2O. The zero-order valence-electron chi connectivity index (χ0n) is 11.7. The van der Waals surface area contributed by atoms with E-state index in [0.29, 0.717) is 6.54 Å². The van der Waals surface area contributed by atoms with Gasteiger partial charge in [-0.05, 0) is 11.6 Å². The Morgan fingerprint density at radius 2 is 1.71 bits per heavy atom. The van der Waals surface area contributed by atoms with Gasteiger partial charge < -0.3 is 4.98 Å². The molecule has 2 aromatic carbocycles. The molecule has 3 heteroatoms. The number of carbonyl (C=O) groups is 1. The van der Waals surface area contributed by atoms with Crippen molar-refractivity contribution in [2.24, 2.45) is 0 Å². The Bertz CT molecular complexity index is 804. The molecule has 4 rings (SSSR count). The Hall–Kier alpha value is -2.39. The summed E-state index contributed by atoms with van der Waals surface area (Å²) in [7, 11) is 0.